The number of carbonyl (C=O) groups excluding carboxylic acids is 1. The number of anilines is 1. The molecular formula is C19H32N2O4. The lowest BCUT2D eigenvalue weighted by Gasteiger charge is -2.15. The maximum Gasteiger partial charge on any atom is 0.319 e. The van der Waals surface area contributed by atoms with Crippen LogP contribution in [0.3, 0.4) is 0 Å². The van der Waals surface area contributed by atoms with E-state index in [-0.39, 0.29) is 6.03 Å². The minimum Gasteiger partial charge on any atom is -0.493 e. The molecule has 0 atom stereocenters. The van der Waals surface area contributed by atoms with Crippen LogP contribution in [0.15, 0.2) is 12.1 Å². The SMILES string of the molecule is COc1cc(NC(=O)NCCCCCCC(C)C)cc(OC)c1OC. The fourth-order valence-corrected chi connectivity index (χ4v) is 2.56. The van der Waals surface area contributed by atoms with E-state index < -0.39 is 0 Å². The molecule has 0 spiro atoms. The number of urea groups is 1. The summed E-state index contributed by atoms with van der Waals surface area (Å²) in [6, 6.07) is 3.16. The van der Waals surface area contributed by atoms with Gasteiger partial charge in [0.15, 0.2) is 11.5 Å². The van der Waals surface area contributed by atoms with Gasteiger partial charge in [-0.15, -0.1) is 0 Å². The molecule has 1 aromatic rings. The van der Waals surface area contributed by atoms with E-state index in [9.17, 15) is 4.79 Å². The number of unbranched alkanes of at least 4 members (excludes halogenated alkanes) is 3. The van der Waals surface area contributed by atoms with Crippen molar-refractivity contribution < 1.29 is 19.0 Å². The Bertz CT molecular complexity index is 507. The van der Waals surface area contributed by atoms with Crippen LogP contribution < -0.4 is 24.8 Å². The highest BCUT2D eigenvalue weighted by molar-refractivity contribution is 5.90. The van der Waals surface area contributed by atoms with Gasteiger partial charge in [-0.1, -0.05) is 39.5 Å². The standard InChI is InChI=1S/C19H32N2O4/c1-14(2)10-8-6-7-9-11-20-19(22)21-15-12-16(23-3)18(25-5)17(13-15)24-4/h12-14H,6-11H2,1-5H3,(H2,20,21,22). The Morgan fingerprint density at radius 2 is 1.56 bits per heavy atom. The molecule has 0 aliphatic heterocycles. The number of ether oxygens (including phenoxy) is 3. The third-order valence-electron chi connectivity index (χ3n) is 3.92. The van der Waals surface area contributed by atoms with Crippen molar-refractivity contribution in [1.29, 1.82) is 0 Å². The third kappa shape index (κ3) is 7.54. The largest absolute Gasteiger partial charge is 0.493 e. The molecule has 0 saturated heterocycles. The lowest BCUT2D eigenvalue weighted by molar-refractivity contribution is 0.252. The van der Waals surface area contributed by atoms with Gasteiger partial charge >= 0.3 is 6.03 Å². The zero-order valence-corrected chi connectivity index (χ0v) is 16.1. The van der Waals surface area contributed by atoms with Gasteiger partial charge in [-0.25, -0.2) is 4.79 Å². The first kappa shape index (κ1) is 20.9. The van der Waals surface area contributed by atoms with Crippen LogP contribution in [0.25, 0.3) is 0 Å². The van der Waals surface area contributed by atoms with E-state index in [1.54, 1.807) is 33.5 Å². The molecule has 0 radical (unpaired) electrons. The predicted octanol–water partition coefficient (Wildman–Crippen LogP) is 4.44. The first-order chi connectivity index (χ1) is 12.0. The number of hydrogen-bond donors (Lipinski definition) is 2. The van der Waals surface area contributed by atoms with Crippen molar-refractivity contribution in [3.05, 3.63) is 12.1 Å². The zero-order chi connectivity index (χ0) is 18.7. The molecule has 2 amide bonds. The fourth-order valence-electron chi connectivity index (χ4n) is 2.56. The monoisotopic (exact) mass is 352 g/mol. The van der Waals surface area contributed by atoms with Gasteiger partial charge in [0.2, 0.25) is 5.75 Å². The molecule has 0 aromatic heterocycles. The van der Waals surface area contributed by atoms with E-state index in [0.717, 1.165) is 18.8 Å². The number of carbonyl (C=O) groups is 1. The van der Waals surface area contributed by atoms with E-state index in [1.807, 2.05) is 0 Å². The fraction of sp³-hybridized carbons (Fsp3) is 0.632. The van der Waals surface area contributed by atoms with Crippen molar-refractivity contribution in [2.45, 2.75) is 46.0 Å². The molecule has 1 aromatic carbocycles. The summed E-state index contributed by atoms with van der Waals surface area (Å²) >= 11 is 0. The summed E-state index contributed by atoms with van der Waals surface area (Å²) in [6.07, 6.45) is 5.87. The lowest BCUT2D eigenvalue weighted by Crippen LogP contribution is -2.29. The molecule has 0 saturated carbocycles. The number of methoxy groups -OCH3 is 3. The number of hydrogen-bond acceptors (Lipinski definition) is 4. The third-order valence-corrected chi connectivity index (χ3v) is 3.92. The summed E-state index contributed by atoms with van der Waals surface area (Å²) in [6.45, 7) is 5.15. The number of rotatable bonds is 11. The van der Waals surface area contributed by atoms with Crippen molar-refractivity contribution in [3.8, 4) is 17.2 Å². The molecule has 1 rings (SSSR count). The molecule has 25 heavy (non-hydrogen) atoms. The molecule has 0 aliphatic carbocycles. The molecule has 2 N–H and O–H groups in total. The quantitative estimate of drug-likeness (QED) is 0.578. The van der Waals surface area contributed by atoms with Crippen LogP contribution in [-0.4, -0.2) is 33.9 Å². The zero-order valence-electron chi connectivity index (χ0n) is 16.1. The molecule has 142 valence electrons. The molecular weight excluding hydrogens is 320 g/mol. The highest BCUT2D eigenvalue weighted by Gasteiger charge is 2.14. The minimum absolute atomic E-state index is 0.239. The number of nitrogens with one attached hydrogen (secondary N) is 2. The molecule has 0 fully saturated rings. The van der Waals surface area contributed by atoms with E-state index in [1.165, 1.54) is 19.3 Å². The summed E-state index contributed by atoms with van der Waals surface area (Å²) in [4.78, 5) is 12.0. The first-order valence-corrected chi connectivity index (χ1v) is 8.86. The van der Waals surface area contributed by atoms with Gasteiger partial charge in [0, 0.05) is 18.7 Å². The van der Waals surface area contributed by atoms with Crippen molar-refractivity contribution in [2.75, 3.05) is 33.2 Å². The first-order valence-electron chi connectivity index (χ1n) is 8.86. The summed E-state index contributed by atoms with van der Waals surface area (Å²) in [5, 5.41) is 5.67. The van der Waals surface area contributed by atoms with Crippen LogP contribution >= 0.6 is 0 Å². The summed E-state index contributed by atoms with van der Waals surface area (Å²) in [5.74, 6) is 2.27. The summed E-state index contributed by atoms with van der Waals surface area (Å²) < 4.78 is 15.8. The Hall–Kier alpha value is -2.11. The van der Waals surface area contributed by atoms with Crippen LogP contribution in [0.1, 0.15) is 46.0 Å². The predicted molar refractivity (Wildman–Crippen MR) is 101 cm³/mol. The second-order valence-corrected chi connectivity index (χ2v) is 6.39. The molecule has 0 unspecified atom stereocenters. The van der Waals surface area contributed by atoms with Crippen LogP contribution in [-0.2, 0) is 0 Å². The average molecular weight is 352 g/mol. The van der Waals surface area contributed by atoms with Gasteiger partial charge in [-0.05, 0) is 12.3 Å². The molecule has 0 bridgehead atoms. The van der Waals surface area contributed by atoms with Crippen molar-refractivity contribution in [2.24, 2.45) is 5.92 Å². The maximum atomic E-state index is 12.0. The average Bonchev–Trinajstić information content (AvgIpc) is 2.59. The van der Waals surface area contributed by atoms with Crippen LogP contribution in [0.5, 0.6) is 17.2 Å². The normalized spacial score (nSPS) is 10.5. The second-order valence-electron chi connectivity index (χ2n) is 6.39. The van der Waals surface area contributed by atoms with Crippen molar-refractivity contribution in [1.82, 2.24) is 5.32 Å². The van der Waals surface area contributed by atoms with E-state index >= 15 is 0 Å². The van der Waals surface area contributed by atoms with Gasteiger partial charge in [0.25, 0.3) is 0 Å². The summed E-state index contributed by atoms with van der Waals surface area (Å²) in [7, 11) is 4.63. The molecule has 6 nitrogen and oxygen atoms in total. The van der Waals surface area contributed by atoms with Crippen LogP contribution in [0.2, 0.25) is 0 Å². The molecule has 6 heteroatoms. The highest BCUT2D eigenvalue weighted by Crippen LogP contribution is 2.39. The highest BCUT2D eigenvalue weighted by atomic mass is 16.5. The van der Waals surface area contributed by atoms with Gasteiger partial charge in [-0.2, -0.15) is 0 Å². The Morgan fingerprint density at radius 1 is 0.960 bits per heavy atom. The lowest BCUT2D eigenvalue weighted by atomic mass is 10.0. The van der Waals surface area contributed by atoms with Crippen molar-refractivity contribution >= 4 is 11.7 Å². The van der Waals surface area contributed by atoms with E-state index in [0.29, 0.717) is 29.5 Å². The molecule has 0 aliphatic rings. The Labute approximate surface area is 151 Å². The number of benzene rings is 1. The van der Waals surface area contributed by atoms with E-state index in [2.05, 4.69) is 24.5 Å². The second kappa shape index (κ2) is 11.4. The van der Waals surface area contributed by atoms with Gasteiger partial charge in [0.1, 0.15) is 0 Å². The Kier molecular flexibility index (Phi) is 9.58. The minimum atomic E-state index is -0.239. The smallest absolute Gasteiger partial charge is 0.319 e. The Balaban J connectivity index is 2.41. The number of amides is 2. The topological polar surface area (TPSA) is 68.8 Å². The van der Waals surface area contributed by atoms with E-state index in [4.69, 9.17) is 14.2 Å². The Morgan fingerprint density at radius 3 is 2.08 bits per heavy atom. The van der Waals surface area contributed by atoms with Gasteiger partial charge in [-0.3, -0.25) is 0 Å². The van der Waals surface area contributed by atoms with Crippen LogP contribution in [0.4, 0.5) is 10.5 Å². The summed E-state index contributed by atoms with van der Waals surface area (Å²) in [5.41, 5.74) is 0.587. The maximum absolute atomic E-state index is 12.0. The van der Waals surface area contributed by atoms with Gasteiger partial charge in [0.05, 0.1) is 27.0 Å². The molecule has 0 heterocycles. The van der Waals surface area contributed by atoms with Crippen LogP contribution in [0, 0.1) is 5.92 Å². The van der Waals surface area contributed by atoms with Gasteiger partial charge < -0.3 is 24.8 Å². The van der Waals surface area contributed by atoms with Crippen molar-refractivity contribution in [3.63, 3.8) is 0 Å².